The molecule has 2 aromatic rings. The average Bonchev–Trinajstić information content (AvgIpc) is 2.72. The molecule has 3 N–H and O–H groups in total. The zero-order valence-corrected chi connectivity index (χ0v) is 10.1. The van der Waals surface area contributed by atoms with Crippen molar-refractivity contribution in [1.82, 2.24) is 4.98 Å². The Balaban J connectivity index is 2.17. The highest BCUT2D eigenvalue weighted by atomic mass is 16.5. The molecule has 3 rings (SSSR count). The Morgan fingerprint density at radius 2 is 2.35 bits per heavy atom. The van der Waals surface area contributed by atoms with Crippen LogP contribution in [-0.2, 0) is 12.8 Å². The number of rotatable bonds is 2. The molecule has 1 atom stereocenters. The first-order valence-corrected chi connectivity index (χ1v) is 6.26. The molecule has 1 aromatic carbocycles. The van der Waals surface area contributed by atoms with Crippen LogP contribution in [0.5, 0.6) is 5.75 Å². The highest BCUT2D eigenvalue weighted by Gasteiger charge is 2.17. The summed E-state index contributed by atoms with van der Waals surface area (Å²) in [5.41, 5.74) is 9.65. The molecule has 0 bridgehead atoms. The van der Waals surface area contributed by atoms with E-state index in [0.29, 0.717) is 0 Å². The third-order valence-electron chi connectivity index (χ3n) is 3.34. The lowest BCUT2D eigenvalue weighted by Crippen LogP contribution is -2.17. The molecule has 3 nitrogen and oxygen atoms in total. The molecule has 2 heterocycles. The number of fused-ring (bicyclic) bond motifs is 3. The van der Waals surface area contributed by atoms with Crippen LogP contribution in [0.15, 0.2) is 18.3 Å². The van der Waals surface area contributed by atoms with Gasteiger partial charge in [0, 0.05) is 23.1 Å². The molecule has 0 radical (unpaired) electrons. The molecular formula is C14H18N2O. The van der Waals surface area contributed by atoms with Crippen molar-refractivity contribution < 1.29 is 4.74 Å². The molecule has 3 heteroatoms. The van der Waals surface area contributed by atoms with Crippen molar-refractivity contribution in [2.75, 3.05) is 6.61 Å². The molecule has 0 aliphatic carbocycles. The van der Waals surface area contributed by atoms with Crippen LogP contribution in [0.25, 0.3) is 10.9 Å². The number of aromatic nitrogens is 1. The lowest BCUT2D eigenvalue weighted by atomic mass is 9.99. The average molecular weight is 230 g/mol. The third kappa shape index (κ3) is 1.80. The van der Waals surface area contributed by atoms with Gasteiger partial charge in [0.2, 0.25) is 0 Å². The maximum Gasteiger partial charge on any atom is 0.132 e. The second-order valence-corrected chi connectivity index (χ2v) is 4.92. The fraction of sp³-hybridized carbons (Fsp3) is 0.429. The number of ether oxygens (including phenoxy) is 1. The summed E-state index contributed by atoms with van der Waals surface area (Å²) in [5, 5.41) is 1.24. The van der Waals surface area contributed by atoms with Gasteiger partial charge in [-0.25, -0.2) is 0 Å². The second kappa shape index (κ2) is 4.08. The van der Waals surface area contributed by atoms with Gasteiger partial charge in [-0.05, 0) is 43.4 Å². The minimum atomic E-state index is 0.174. The Labute approximate surface area is 101 Å². The number of H-pyrrole nitrogens is 1. The Bertz CT molecular complexity index is 542. The van der Waals surface area contributed by atoms with Crippen molar-refractivity contribution in [2.24, 2.45) is 5.73 Å². The summed E-state index contributed by atoms with van der Waals surface area (Å²) in [6.45, 7) is 2.87. The normalized spacial score (nSPS) is 16.6. The van der Waals surface area contributed by atoms with Crippen LogP contribution in [0.3, 0.4) is 0 Å². The number of hydrogen-bond donors (Lipinski definition) is 2. The van der Waals surface area contributed by atoms with Crippen molar-refractivity contribution in [3.05, 3.63) is 29.5 Å². The van der Waals surface area contributed by atoms with Gasteiger partial charge in [-0.3, -0.25) is 0 Å². The van der Waals surface area contributed by atoms with Crippen molar-refractivity contribution in [3.63, 3.8) is 0 Å². The number of benzene rings is 1. The fourth-order valence-corrected chi connectivity index (χ4v) is 2.61. The van der Waals surface area contributed by atoms with E-state index >= 15 is 0 Å². The van der Waals surface area contributed by atoms with E-state index in [-0.39, 0.29) is 6.04 Å². The summed E-state index contributed by atoms with van der Waals surface area (Å²) in [7, 11) is 0. The molecule has 17 heavy (non-hydrogen) atoms. The fourth-order valence-electron chi connectivity index (χ4n) is 2.61. The summed E-state index contributed by atoms with van der Waals surface area (Å²) in [4.78, 5) is 3.31. The molecule has 0 spiro atoms. The minimum Gasteiger partial charge on any atom is -0.493 e. The van der Waals surface area contributed by atoms with Crippen molar-refractivity contribution in [2.45, 2.75) is 32.2 Å². The van der Waals surface area contributed by atoms with E-state index in [4.69, 9.17) is 10.5 Å². The Morgan fingerprint density at radius 1 is 1.47 bits per heavy atom. The van der Waals surface area contributed by atoms with Crippen LogP contribution in [0.1, 0.15) is 24.5 Å². The molecule has 0 saturated heterocycles. The lowest BCUT2D eigenvalue weighted by molar-refractivity contribution is 0.292. The topological polar surface area (TPSA) is 51.0 Å². The Hall–Kier alpha value is -1.48. The maximum absolute atomic E-state index is 5.90. The van der Waals surface area contributed by atoms with Crippen LogP contribution in [0.4, 0.5) is 0 Å². The van der Waals surface area contributed by atoms with E-state index in [0.717, 1.165) is 37.1 Å². The van der Waals surface area contributed by atoms with Gasteiger partial charge in [0.1, 0.15) is 5.75 Å². The van der Waals surface area contributed by atoms with E-state index in [1.54, 1.807) is 0 Å². The van der Waals surface area contributed by atoms with E-state index in [9.17, 15) is 0 Å². The van der Waals surface area contributed by atoms with Gasteiger partial charge in [0.05, 0.1) is 6.61 Å². The molecule has 1 aromatic heterocycles. The van der Waals surface area contributed by atoms with E-state index in [1.165, 1.54) is 16.5 Å². The first kappa shape index (κ1) is 10.7. The van der Waals surface area contributed by atoms with Gasteiger partial charge in [-0.2, -0.15) is 0 Å². The van der Waals surface area contributed by atoms with Gasteiger partial charge in [-0.1, -0.05) is 6.07 Å². The quantitative estimate of drug-likeness (QED) is 0.832. The first-order valence-electron chi connectivity index (χ1n) is 6.26. The van der Waals surface area contributed by atoms with Crippen LogP contribution >= 0.6 is 0 Å². The Kier molecular flexibility index (Phi) is 2.56. The van der Waals surface area contributed by atoms with Crippen molar-refractivity contribution >= 4 is 10.9 Å². The molecule has 1 aliphatic heterocycles. The predicted molar refractivity (Wildman–Crippen MR) is 69.5 cm³/mol. The van der Waals surface area contributed by atoms with Crippen molar-refractivity contribution in [3.8, 4) is 5.75 Å². The molecule has 1 aliphatic rings. The standard InChI is InChI=1S/C14H18N2O/c1-9(15)7-11-8-16-12-5-4-10-3-2-6-17-14(10)13(11)12/h4-5,8-9,16H,2-3,6-7,15H2,1H3/t9-/m0/s1. The van der Waals surface area contributed by atoms with E-state index < -0.39 is 0 Å². The highest BCUT2D eigenvalue weighted by molar-refractivity contribution is 5.90. The van der Waals surface area contributed by atoms with Crippen molar-refractivity contribution in [1.29, 1.82) is 0 Å². The van der Waals surface area contributed by atoms with Gasteiger partial charge < -0.3 is 15.5 Å². The molecule has 0 fully saturated rings. The van der Waals surface area contributed by atoms with Crippen LogP contribution < -0.4 is 10.5 Å². The number of hydrogen-bond acceptors (Lipinski definition) is 2. The van der Waals surface area contributed by atoms with Gasteiger partial charge in [0.25, 0.3) is 0 Å². The predicted octanol–water partition coefficient (Wildman–Crippen LogP) is 2.38. The summed E-state index contributed by atoms with van der Waals surface area (Å²) in [6.07, 6.45) is 5.19. The maximum atomic E-state index is 5.90. The van der Waals surface area contributed by atoms with E-state index in [1.807, 2.05) is 6.92 Å². The van der Waals surface area contributed by atoms with Crippen LogP contribution in [0, 0.1) is 0 Å². The van der Waals surface area contributed by atoms with E-state index in [2.05, 4.69) is 23.3 Å². The van der Waals surface area contributed by atoms with Gasteiger partial charge in [0.15, 0.2) is 0 Å². The zero-order chi connectivity index (χ0) is 11.8. The highest BCUT2D eigenvalue weighted by Crippen LogP contribution is 2.35. The Morgan fingerprint density at radius 3 is 3.18 bits per heavy atom. The molecule has 0 saturated carbocycles. The van der Waals surface area contributed by atoms with Gasteiger partial charge >= 0.3 is 0 Å². The molecule has 0 unspecified atom stereocenters. The lowest BCUT2D eigenvalue weighted by Gasteiger charge is -2.19. The monoisotopic (exact) mass is 230 g/mol. The number of nitrogens with two attached hydrogens (primary N) is 1. The summed E-state index contributed by atoms with van der Waals surface area (Å²) in [6, 6.07) is 4.49. The first-order chi connectivity index (χ1) is 8.25. The smallest absolute Gasteiger partial charge is 0.132 e. The summed E-state index contributed by atoms with van der Waals surface area (Å²) < 4.78 is 5.86. The number of aromatic amines is 1. The third-order valence-corrected chi connectivity index (χ3v) is 3.34. The van der Waals surface area contributed by atoms with Crippen LogP contribution in [-0.4, -0.2) is 17.6 Å². The minimum absolute atomic E-state index is 0.174. The second-order valence-electron chi connectivity index (χ2n) is 4.92. The molecule has 90 valence electrons. The largest absolute Gasteiger partial charge is 0.493 e. The number of nitrogens with one attached hydrogen (secondary N) is 1. The van der Waals surface area contributed by atoms with Gasteiger partial charge in [-0.15, -0.1) is 0 Å². The van der Waals surface area contributed by atoms with Crippen LogP contribution in [0.2, 0.25) is 0 Å². The number of aryl methyl sites for hydroxylation is 1. The molecular weight excluding hydrogens is 212 g/mol. The summed E-state index contributed by atoms with van der Waals surface area (Å²) >= 11 is 0. The summed E-state index contributed by atoms with van der Waals surface area (Å²) in [5.74, 6) is 1.07. The molecule has 0 amide bonds. The SMILES string of the molecule is C[C@H](N)Cc1c[nH]c2ccc3c(c12)OCCC3. The zero-order valence-electron chi connectivity index (χ0n) is 10.1.